The highest BCUT2D eigenvalue weighted by Crippen LogP contribution is 2.44. The van der Waals surface area contributed by atoms with Gasteiger partial charge >= 0.3 is 0 Å². The largest absolute Gasteiger partial charge is 0.395 e. The minimum absolute atomic E-state index is 0.113. The molecule has 0 aliphatic carbocycles. The lowest BCUT2D eigenvalue weighted by molar-refractivity contribution is 0.0949. The van der Waals surface area contributed by atoms with Gasteiger partial charge in [0.1, 0.15) is 15.9 Å². The summed E-state index contributed by atoms with van der Waals surface area (Å²) >= 11 is 13.6. The first-order chi connectivity index (χ1) is 13.4. The Labute approximate surface area is 178 Å². The van der Waals surface area contributed by atoms with Crippen LogP contribution in [0.3, 0.4) is 0 Å². The molecule has 2 N–H and O–H groups in total. The van der Waals surface area contributed by atoms with Crippen LogP contribution in [0.4, 0.5) is 5.00 Å². The highest BCUT2D eigenvalue weighted by Gasteiger charge is 2.27. The van der Waals surface area contributed by atoms with E-state index < -0.39 is 0 Å². The van der Waals surface area contributed by atoms with Crippen LogP contribution in [0.1, 0.15) is 22.2 Å². The first-order valence-electron chi connectivity index (χ1n) is 8.64. The van der Waals surface area contributed by atoms with Crippen LogP contribution in [0, 0.1) is 11.3 Å². The topological polar surface area (TPSA) is 85.6 Å². The second-order valence-corrected chi connectivity index (χ2v) is 7.66. The minimum atomic E-state index is -0.374. The number of amides is 1. The fourth-order valence-electron chi connectivity index (χ4n) is 2.60. The molecule has 0 aliphatic heterocycles. The van der Waals surface area contributed by atoms with E-state index >= 15 is 0 Å². The van der Waals surface area contributed by atoms with Crippen molar-refractivity contribution < 1.29 is 14.6 Å². The molecule has 0 radical (unpaired) electrons. The van der Waals surface area contributed by atoms with Gasteiger partial charge in [-0.1, -0.05) is 29.3 Å². The Kier molecular flexibility index (Phi) is 8.55. The van der Waals surface area contributed by atoms with Crippen LogP contribution in [0.25, 0.3) is 11.1 Å². The molecule has 1 amide bonds. The van der Waals surface area contributed by atoms with Gasteiger partial charge in [0.15, 0.2) is 0 Å². The molecule has 1 aromatic heterocycles. The monoisotopic (exact) mass is 441 g/mol. The van der Waals surface area contributed by atoms with E-state index in [9.17, 15) is 10.1 Å². The van der Waals surface area contributed by atoms with Gasteiger partial charge in [-0.25, -0.2) is 0 Å². The molecule has 150 valence electrons. The van der Waals surface area contributed by atoms with Gasteiger partial charge < -0.3 is 20.1 Å². The summed E-state index contributed by atoms with van der Waals surface area (Å²) in [7, 11) is 1.84. The fourth-order valence-corrected chi connectivity index (χ4v) is 4.27. The Morgan fingerprint density at radius 1 is 1.43 bits per heavy atom. The van der Waals surface area contributed by atoms with Crippen molar-refractivity contribution in [2.45, 2.75) is 6.92 Å². The summed E-state index contributed by atoms with van der Waals surface area (Å²) in [6.45, 7) is 3.51. The maximum absolute atomic E-state index is 12.7. The zero-order valence-corrected chi connectivity index (χ0v) is 17.9. The first kappa shape index (κ1) is 22.5. The van der Waals surface area contributed by atoms with Crippen molar-refractivity contribution in [2.75, 3.05) is 44.9 Å². The van der Waals surface area contributed by atoms with Crippen LogP contribution < -0.4 is 10.2 Å². The molecule has 0 spiro atoms. The number of anilines is 1. The highest BCUT2D eigenvalue weighted by molar-refractivity contribution is 7.19. The maximum Gasteiger partial charge on any atom is 0.262 e. The number of hydrogen-bond donors (Lipinski definition) is 2. The van der Waals surface area contributed by atoms with Gasteiger partial charge in [0, 0.05) is 47.9 Å². The number of nitrogens with zero attached hydrogens (tertiary/aromatic N) is 2. The van der Waals surface area contributed by atoms with Crippen molar-refractivity contribution in [3.63, 3.8) is 0 Å². The lowest BCUT2D eigenvalue weighted by Gasteiger charge is -2.17. The molecule has 0 saturated heterocycles. The van der Waals surface area contributed by atoms with Gasteiger partial charge in [-0.3, -0.25) is 4.79 Å². The molecule has 2 rings (SSSR count). The molecule has 0 saturated carbocycles. The number of halogens is 2. The average molecular weight is 442 g/mol. The van der Waals surface area contributed by atoms with Crippen molar-refractivity contribution >= 4 is 45.4 Å². The second-order valence-electron chi connectivity index (χ2n) is 5.82. The number of aliphatic hydroxyl groups excluding tert-OH is 1. The summed E-state index contributed by atoms with van der Waals surface area (Å²) in [4.78, 5) is 14.9. The molecular formula is C19H21Cl2N3O3S. The molecule has 0 unspecified atom stereocenters. The molecule has 6 nitrogen and oxygen atoms in total. The molecule has 1 heterocycles. The third kappa shape index (κ3) is 5.16. The van der Waals surface area contributed by atoms with Crippen LogP contribution in [0.5, 0.6) is 0 Å². The van der Waals surface area contributed by atoms with Crippen LogP contribution in [-0.2, 0) is 4.74 Å². The molecular weight excluding hydrogens is 421 g/mol. The lowest BCUT2D eigenvalue weighted by Crippen LogP contribution is -2.26. The van der Waals surface area contributed by atoms with Gasteiger partial charge in [0.2, 0.25) is 0 Å². The normalized spacial score (nSPS) is 10.6. The molecule has 0 bridgehead atoms. The third-order valence-corrected chi connectivity index (χ3v) is 5.78. The Morgan fingerprint density at radius 2 is 2.18 bits per heavy atom. The number of hydrogen-bond acceptors (Lipinski definition) is 6. The van der Waals surface area contributed by atoms with Gasteiger partial charge in [-0.2, -0.15) is 5.26 Å². The Bertz CT molecular complexity index is 880. The second kappa shape index (κ2) is 10.6. The van der Waals surface area contributed by atoms with Crippen LogP contribution in [-0.4, -0.2) is 51.0 Å². The van der Waals surface area contributed by atoms with Gasteiger partial charge in [0.25, 0.3) is 5.91 Å². The number of nitriles is 1. The number of thiophene rings is 1. The van der Waals surface area contributed by atoms with Gasteiger partial charge in [-0.05, 0) is 19.1 Å². The third-order valence-electron chi connectivity index (χ3n) is 3.93. The number of carbonyl (C=O) groups is 1. The van der Waals surface area contributed by atoms with E-state index in [-0.39, 0.29) is 19.1 Å². The van der Waals surface area contributed by atoms with Crippen molar-refractivity contribution in [3.8, 4) is 17.2 Å². The zero-order valence-electron chi connectivity index (χ0n) is 15.6. The van der Waals surface area contributed by atoms with E-state index in [4.69, 9.17) is 33.0 Å². The predicted octanol–water partition coefficient (Wildman–Crippen LogP) is 3.79. The number of benzene rings is 1. The van der Waals surface area contributed by atoms with E-state index in [0.717, 1.165) is 0 Å². The standard InChI is InChI=1S/C19H21Cl2N3O3S/c1-3-27-9-7-24(2)19-14(11-22)16(13-5-4-12(20)10-15(13)21)17(28-19)18(26)23-6-8-25/h4-5,10,25H,3,6-9H2,1-2H3,(H,23,26). The van der Waals surface area contributed by atoms with Gasteiger partial charge in [-0.15, -0.1) is 11.3 Å². The summed E-state index contributed by atoms with van der Waals surface area (Å²) in [5.74, 6) is -0.374. The Morgan fingerprint density at radius 3 is 2.79 bits per heavy atom. The van der Waals surface area contributed by atoms with E-state index in [1.54, 1.807) is 18.2 Å². The Balaban J connectivity index is 2.59. The molecule has 0 atom stereocenters. The minimum Gasteiger partial charge on any atom is -0.395 e. The fraction of sp³-hybridized carbons (Fsp3) is 0.368. The van der Waals surface area contributed by atoms with E-state index in [0.29, 0.717) is 56.4 Å². The van der Waals surface area contributed by atoms with E-state index in [2.05, 4.69) is 11.4 Å². The number of aliphatic hydroxyl groups is 1. The van der Waals surface area contributed by atoms with E-state index in [1.165, 1.54) is 11.3 Å². The summed E-state index contributed by atoms with van der Waals surface area (Å²) < 4.78 is 5.39. The van der Waals surface area contributed by atoms with Crippen molar-refractivity contribution in [1.29, 1.82) is 5.26 Å². The summed E-state index contributed by atoms with van der Waals surface area (Å²) in [5.41, 5.74) is 1.38. The first-order valence-corrected chi connectivity index (χ1v) is 10.2. The van der Waals surface area contributed by atoms with Crippen LogP contribution >= 0.6 is 34.5 Å². The summed E-state index contributed by atoms with van der Waals surface area (Å²) in [5, 5.41) is 23.0. The number of likely N-dealkylation sites (N-methyl/N-ethyl adjacent to an activating group) is 1. The number of nitrogens with one attached hydrogen (secondary N) is 1. The highest BCUT2D eigenvalue weighted by atomic mass is 35.5. The molecule has 1 aromatic carbocycles. The molecule has 0 fully saturated rings. The van der Waals surface area contributed by atoms with Crippen molar-refractivity contribution in [1.82, 2.24) is 5.32 Å². The van der Waals surface area contributed by atoms with Crippen molar-refractivity contribution in [2.24, 2.45) is 0 Å². The molecule has 2 aromatic rings. The van der Waals surface area contributed by atoms with Crippen LogP contribution in [0.15, 0.2) is 18.2 Å². The average Bonchev–Trinajstić information content (AvgIpc) is 3.05. The molecule has 9 heteroatoms. The Hall–Kier alpha value is -1.82. The van der Waals surface area contributed by atoms with Gasteiger partial charge in [0.05, 0.1) is 18.8 Å². The van der Waals surface area contributed by atoms with Crippen LogP contribution in [0.2, 0.25) is 10.0 Å². The smallest absolute Gasteiger partial charge is 0.262 e. The number of rotatable bonds is 9. The summed E-state index contributed by atoms with van der Waals surface area (Å²) in [6.07, 6.45) is 0. The SMILES string of the molecule is CCOCCN(C)c1sc(C(=O)NCCO)c(-c2ccc(Cl)cc2Cl)c1C#N. The van der Waals surface area contributed by atoms with E-state index in [1.807, 2.05) is 18.9 Å². The zero-order chi connectivity index (χ0) is 20.7. The van der Waals surface area contributed by atoms with Crippen molar-refractivity contribution in [3.05, 3.63) is 38.7 Å². The summed E-state index contributed by atoms with van der Waals surface area (Å²) in [6, 6.07) is 7.15. The number of carbonyl (C=O) groups excluding carboxylic acids is 1. The molecule has 0 aliphatic rings. The number of ether oxygens (including phenoxy) is 1. The quantitative estimate of drug-likeness (QED) is 0.578. The predicted molar refractivity (Wildman–Crippen MR) is 114 cm³/mol. The maximum atomic E-state index is 12.7. The lowest BCUT2D eigenvalue weighted by atomic mass is 10.0. The molecule has 28 heavy (non-hydrogen) atoms.